The summed E-state index contributed by atoms with van der Waals surface area (Å²) in [5.41, 5.74) is 0.0327. The van der Waals surface area contributed by atoms with Gasteiger partial charge in [-0.2, -0.15) is 0 Å². The Balaban J connectivity index is 1.92. The molecule has 6 nitrogen and oxygen atoms in total. The van der Waals surface area contributed by atoms with E-state index in [1.807, 2.05) is 15.7 Å². The van der Waals surface area contributed by atoms with Gasteiger partial charge in [0.2, 0.25) is 5.91 Å². The molecule has 0 aromatic carbocycles. The highest BCUT2D eigenvalue weighted by atomic mass is 16.5. The number of ether oxygens (including phenoxy) is 1. The maximum atomic E-state index is 12.2. The maximum absolute atomic E-state index is 12.2. The number of nitrogens with one attached hydrogen (secondary N) is 1. The molecule has 1 aromatic heterocycles. The minimum absolute atomic E-state index is 0.0327. The van der Waals surface area contributed by atoms with Crippen LogP contribution in [0.2, 0.25) is 0 Å². The highest BCUT2D eigenvalue weighted by molar-refractivity contribution is 5.76. The smallest absolute Gasteiger partial charge is 0.242 e. The Morgan fingerprint density at radius 1 is 1.40 bits per heavy atom. The number of morpholine rings is 1. The second-order valence-corrected chi connectivity index (χ2v) is 6.07. The van der Waals surface area contributed by atoms with Crippen molar-refractivity contribution >= 4 is 5.91 Å². The lowest BCUT2D eigenvalue weighted by atomic mass is 10.1. The molecule has 2 heterocycles. The molecule has 20 heavy (non-hydrogen) atoms. The molecule has 0 radical (unpaired) electrons. The van der Waals surface area contributed by atoms with Crippen molar-refractivity contribution in [3.8, 4) is 0 Å². The highest BCUT2D eigenvalue weighted by Gasteiger charge is 2.18. The molecule has 6 heteroatoms. The fourth-order valence-electron chi connectivity index (χ4n) is 2.05. The van der Waals surface area contributed by atoms with Gasteiger partial charge in [-0.15, -0.1) is 0 Å². The third kappa shape index (κ3) is 4.31. The summed E-state index contributed by atoms with van der Waals surface area (Å²) < 4.78 is 7.18. The maximum Gasteiger partial charge on any atom is 0.242 e. The van der Waals surface area contributed by atoms with Crippen LogP contribution in [-0.4, -0.2) is 52.2 Å². The number of hydrogen-bond acceptors (Lipinski definition) is 4. The summed E-state index contributed by atoms with van der Waals surface area (Å²) in [4.78, 5) is 18.4. The van der Waals surface area contributed by atoms with Crippen LogP contribution in [0.15, 0.2) is 12.4 Å². The molecule has 0 aliphatic carbocycles. The van der Waals surface area contributed by atoms with Gasteiger partial charge in [-0.3, -0.25) is 4.79 Å². The zero-order chi connectivity index (χ0) is 14.6. The van der Waals surface area contributed by atoms with Gasteiger partial charge in [0.1, 0.15) is 12.4 Å². The topological polar surface area (TPSA) is 59.4 Å². The van der Waals surface area contributed by atoms with Crippen LogP contribution in [0.1, 0.15) is 26.6 Å². The molecule has 1 N–H and O–H groups in total. The number of amides is 1. The summed E-state index contributed by atoms with van der Waals surface area (Å²) in [6.07, 6.45) is 3.60. The van der Waals surface area contributed by atoms with E-state index in [4.69, 9.17) is 4.74 Å². The molecule has 1 amide bonds. The number of nitrogens with zero attached hydrogens (tertiary/aromatic N) is 3. The van der Waals surface area contributed by atoms with Gasteiger partial charge in [-0.05, 0) is 20.8 Å². The Kier molecular flexibility index (Phi) is 4.77. The summed E-state index contributed by atoms with van der Waals surface area (Å²) in [5, 5.41) is 3.39. The minimum atomic E-state index is 0.0327. The standard InChI is InChI=1S/C14H24N4O2/c1-14(2,3)16-10-12-15-4-5-18(12)11-13(19)17-6-8-20-9-7-17/h4-5,16H,6-11H2,1-3H3. The first-order valence-corrected chi connectivity index (χ1v) is 7.06. The van der Waals surface area contributed by atoms with Crippen LogP contribution < -0.4 is 5.32 Å². The van der Waals surface area contributed by atoms with Gasteiger partial charge in [-0.1, -0.05) is 0 Å². The van der Waals surface area contributed by atoms with Crippen LogP contribution >= 0.6 is 0 Å². The Bertz CT molecular complexity index is 444. The van der Waals surface area contributed by atoms with Crippen molar-refractivity contribution in [2.75, 3.05) is 26.3 Å². The van der Waals surface area contributed by atoms with Gasteiger partial charge in [0.15, 0.2) is 0 Å². The van der Waals surface area contributed by atoms with Crippen molar-refractivity contribution in [2.24, 2.45) is 0 Å². The molecule has 1 fully saturated rings. The van der Waals surface area contributed by atoms with E-state index in [1.54, 1.807) is 6.20 Å². The predicted molar refractivity (Wildman–Crippen MR) is 76.2 cm³/mol. The summed E-state index contributed by atoms with van der Waals surface area (Å²) in [5.74, 6) is 1.02. The summed E-state index contributed by atoms with van der Waals surface area (Å²) in [7, 11) is 0. The van der Waals surface area contributed by atoms with Gasteiger partial charge in [0, 0.05) is 31.0 Å². The second-order valence-electron chi connectivity index (χ2n) is 6.07. The SMILES string of the molecule is CC(C)(C)NCc1nccn1CC(=O)N1CCOCC1. The van der Waals surface area contributed by atoms with E-state index in [-0.39, 0.29) is 11.4 Å². The van der Waals surface area contributed by atoms with Gasteiger partial charge < -0.3 is 19.5 Å². The van der Waals surface area contributed by atoms with Crippen LogP contribution in [0.5, 0.6) is 0 Å². The van der Waals surface area contributed by atoms with Crippen LogP contribution in [0, 0.1) is 0 Å². The highest BCUT2D eigenvalue weighted by Crippen LogP contribution is 2.05. The van der Waals surface area contributed by atoms with Gasteiger partial charge in [0.05, 0.1) is 19.8 Å². The fraction of sp³-hybridized carbons (Fsp3) is 0.714. The zero-order valence-electron chi connectivity index (χ0n) is 12.6. The molecule has 1 aliphatic rings. The molecule has 0 saturated carbocycles. The molecular weight excluding hydrogens is 256 g/mol. The van der Waals surface area contributed by atoms with Crippen molar-refractivity contribution in [1.29, 1.82) is 0 Å². The van der Waals surface area contributed by atoms with Crippen molar-refractivity contribution in [2.45, 2.75) is 39.4 Å². The molecule has 1 aromatic rings. The first-order chi connectivity index (χ1) is 9.46. The van der Waals surface area contributed by atoms with E-state index >= 15 is 0 Å². The lowest BCUT2D eigenvalue weighted by Crippen LogP contribution is -2.42. The lowest BCUT2D eigenvalue weighted by molar-refractivity contribution is -0.135. The van der Waals surface area contributed by atoms with E-state index in [0.717, 1.165) is 5.82 Å². The molecule has 0 unspecified atom stereocenters. The summed E-state index contributed by atoms with van der Waals surface area (Å²) in [6.45, 7) is 9.97. The van der Waals surface area contributed by atoms with Crippen molar-refractivity contribution in [3.63, 3.8) is 0 Å². The molecule has 0 spiro atoms. The number of rotatable bonds is 4. The number of carbonyl (C=O) groups is 1. The van der Waals surface area contributed by atoms with Crippen molar-refractivity contribution in [3.05, 3.63) is 18.2 Å². The molecule has 2 rings (SSSR count). The Labute approximate surface area is 120 Å². The zero-order valence-corrected chi connectivity index (χ0v) is 12.6. The first-order valence-electron chi connectivity index (χ1n) is 7.06. The lowest BCUT2D eigenvalue weighted by Gasteiger charge is -2.27. The van der Waals surface area contributed by atoms with Crippen LogP contribution in [0.4, 0.5) is 0 Å². The molecular formula is C14H24N4O2. The molecule has 1 saturated heterocycles. The Morgan fingerprint density at radius 2 is 2.10 bits per heavy atom. The predicted octanol–water partition coefficient (Wildman–Crippen LogP) is 0.630. The third-order valence-electron chi connectivity index (χ3n) is 3.25. The molecule has 1 aliphatic heterocycles. The van der Waals surface area contributed by atoms with Crippen molar-refractivity contribution < 1.29 is 9.53 Å². The second kappa shape index (κ2) is 6.37. The largest absolute Gasteiger partial charge is 0.378 e. The van der Waals surface area contributed by atoms with E-state index < -0.39 is 0 Å². The average Bonchev–Trinajstić information content (AvgIpc) is 2.84. The van der Waals surface area contributed by atoms with Crippen LogP contribution in [0.3, 0.4) is 0 Å². The molecule has 0 bridgehead atoms. The number of imidazole rings is 1. The number of hydrogen-bond donors (Lipinski definition) is 1. The number of aromatic nitrogens is 2. The average molecular weight is 280 g/mol. The first kappa shape index (κ1) is 15.0. The van der Waals surface area contributed by atoms with E-state index in [9.17, 15) is 4.79 Å². The van der Waals surface area contributed by atoms with E-state index in [1.165, 1.54) is 0 Å². The van der Waals surface area contributed by atoms with Gasteiger partial charge in [0.25, 0.3) is 0 Å². The number of carbonyl (C=O) groups excluding carboxylic acids is 1. The summed E-state index contributed by atoms with van der Waals surface area (Å²) in [6, 6.07) is 0. The van der Waals surface area contributed by atoms with E-state index in [2.05, 4.69) is 31.1 Å². The monoisotopic (exact) mass is 280 g/mol. The molecule has 0 atom stereocenters. The van der Waals surface area contributed by atoms with Gasteiger partial charge >= 0.3 is 0 Å². The quantitative estimate of drug-likeness (QED) is 0.879. The van der Waals surface area contributed by atoms with Gasteiger partial charge in [-0.25, -0.2) is 4.98 Å². The molecule has 112 valence electrons. The fourth-order valence-corrected chi connectivity index (χ4v) is 2.05. The minimum Gasteiger partial charge on any atom is -0.378 e. The van der Waals surface area contributed by atoms with E-state index in [0.29, 0.717) is 39.4 Å². The Hall–Kier alpha value is -1.40. The Morgan fingerprint density at radius 3 is 2.75 bits per heavy atom. The van der Waals surface area contributed by atoms with Crippen LogP contribution in [-0.2, 0) is 22.6 Å². The normalized spacial score (nSPS) is 16.4. The summed E-state index contributed by atoms with van der Waals surface area (Å²) >= 11 is 0. The van der Waals surface area contributed by atoms with Crippen LogP contribution in [0.25, 0.3) is 0 Å². The van der Waals surface area contributed by atoms with Crippen molar-refractivity contribution in [1.82, 2.24) is 19.8 Å². The third-order valence-corrected chi connectivity index (χ3v) is 3.25.